The van der Waals surface area contributed by atoms with Crippen molar-refractivity contribution in [3.05, 3.63) is 63.9 Å². The molecule has 108 valence electrons. The smallest absolute Gasteiger partial charge is 0.340 e. The van der Waals surface area contributed by atoms with Crippen molar-refractivity contribution in [1.82, 2.24) is 0 Å². The Morgan fingerprint density at radius 3 is 2.57 bits per heavy atom. The van der Waals surface area contributed by atoms with Gasteiger partial charge in [0, 0.05) is 10.6 Å². The number of rotatable bonds is 3. The van der Waals surface area contributed by atoms with Crippen LogP contribution < -0.4 is 5.32 Å². The molecule has 0 aliphatic carbocycles. The molecule has 2 aromatic rings. The summed E-state index contributed by atoms with van der Waals surface area (Å²) < 4.78 is 13.5. The number of hydrogen-bond donors (Lipinski definition) is 2. The van der Waals surface area contributed by atoms with E-state index in [-0.39, 0.29) is 5.69 Å². The number of nitrogens with one attached hydrogen (secondary N) is 1. The van der Waals surface area contributed by atoms with E-state index in [4.69, 9.17) is 16.7 Å². The fraction of sp³-hybridized carbons (Fsp3) is 0.0667. The molecule has 0 radical (unpaired) electrons. The van der Waals surface area contributed by atoms with Crippen LogP contribution in [0.4, 0.5) is 10.1 Å². The van der Waals surface area contributed by atoms with E-state index in [9.17, 15) is 14.0 Å². The number of carbonyl (C=O) groups excluding carboxylic acids is 1. The monoisotopic (exact) mass is 307 g/mol. The predicted octanol–water partition coefficient (Wildman–Crippen LogP) is 3.74. The first-order valence-corrected chi connectivity index (χ1v) is 6.37. The number of amides is 1. The SMILES string of the molecule is Cc1cc(C(=O)Nc2cccc(F)c2C(=O)O)ccc1Cl. The fourth-order valence-corrected chi connectivity index (χ4v) is 1.94. The van der Waals surface area contributed by atoms with Gasteiger partial charge in [0.15, 0.2) is 0 Å². The lowest BCUT2D eigenvalue weighted by atomic mass is 10.1. The van der Waals surface area contributed by atoms with Crippen molar-refractivity contribution in [3.63, 3.8) is 0 Å². The van der Waals surface area contributed by atoms with Crippen LogP contribution in [0.3, 0.4) is 0 Å². The zero-order valence-electron chi connectivity index (χ0n) is 11.0. The molecule has 0 spiro atoms. The van der Waals surface area contributed by atoms with Crippen LogP contribution in [0.15, 0.2) is 36.4 Å². The van der Waals surface area contributed by atoms with E-state index in [1.165, 1.54) is 18.2 Å². The van der Waals surface area contributed by atoms with Crippen molar-refractivity contribution >= 4 is 29.2 Å². The molecule has 0 saturated carbocycles. The third-order valence-corrected chi connectivity index (χ3v) is 3.32. The van der Waals surface area contributed by atoms with E-state index in [1.54, 1.807) is 19.1 Å². The van der Waals surface area contributed by atoms with Gasteiger partial charge in [-0.25, -0.2) is 9.18 Å². The summed E-state index contributed by atoms with van der Waals surface area (Å²) in [6.45, 7) is 1.74. The van der Waals surface area contributed by atoms with Crippen molar-refractivity contribution in [3.8, 4) is 0 Å². The van der Waals surface area contributed by atoms with E-state index >= 15 is 0 Å². The summed E-state index contributed by atoms with van der Waals surface area (Å²) >= 11 is 5.87. The van der Waals surface area contributed by atoms with Crippen LogP contribution >= 0.6 is 11.6 Å². The number of anilines is 1. The first-order valence-electron chi connectivity index (χ1n) is 5.99. The lowest BCUT2D eigenvalue weighted by Gasteiger charge is -2.10. The van der Waals surface area contributed by atoms with Gasteiger partial charge in [0.05, 0.1) is 5.69 Å². The molecule has 0 fully saturated rings. The Morgan fingerprint density at radius 1 is 1.24 bits per heavy atom. The van der Waals surface area contributed by atoms with Crippen molar-refractivity contribution in [2.75, 3.05) is 5.32 Å². The van der Waals surface area contributed by atoms with Gasteiger partial charge >= 0.3 is 5.97 Å². The average Bonchev–Trinajstić information content (AvgIpc) is 2.41. The quantitative estimate of drug-likeness (QED) is 0.907. The fourth-order valence-electron chi connectivity index (χ4n) is 1.83. The summed E-state index contributed by atoms with van der Waals surface area (Å²) in [5.41, 5.74) is 0.344. The van der Waals surface area contributed by atoms with Gasteiger partial charge in [0.25, 0.3) is 5.91 Å². The normalized spacial score (nSPS) is 10.2. The number of carboxylic acid groups (broad SMARTS) is 1. The summed E-state index contributed by atoms with van der Waals surface area (Å²) in [6, 6.07) is 8.31. The van der Waals surface area contributed by atoms with Gasteiger partial charge in [-0.2, -0.15) is 0 Å². The van der Waals surface area contributed by atoms with Gasteiger partial charge in [-0.1, -0.05) is 17.7 Å². The molecule has 1 amide bonds. The van der Waals surface area contributed by atoms with E-state index < -0.39 is 23.3 Å². The molecule has 4 nitrogen and oxygen atoms in total. The maximum Gasteiger partial charge on any atom is 0.340 e. The summed E-state index contributed by atoms with van der Waals surface area (Å²) in [7, 11) is 0. The van der Waals surface area contributed by atoms with Crippen LogP contribution in [-0.2, 0) is 0 Å². The van der Waals surface area contributed by atoms with Crippen molar-refractivity contribution < 1.29 is 19.1 Å². The van der Waals surface area contributed by atoms with Gasteiger partial charge in [-0.3, -0.25) is 4.79 Å². The second kappa shape index (κ2) is 5.93. The highest BCUT2D eigenvalue weighted by Gasteiger charge is 2.18. The lowest BCUT2D eigenvalue weighted by molar-refractivity contribution is 0.0693. The second-order valence-electron chi connectivity index (χ2n) is 4.39. The van der Waals surface area contributed by atoms with Crippen molar-refractivity contribution in [2.45, 2.75) is 6.92 Å². The molecule has 0 aliphatic rings. The minimum Gasteiger partial charge on any atom is -0.478 e. The predicted molar refractivity (Wildman–Crippen MR) is 77.5 cm³/mol. The van der Waals surface area contributed by atoms with Crippen LogP contribution in [0.5, 0.6) is 0 Å². The van der Waals surface area contributed by atoms with Crippen LogP contribution in [0, 0.1) is 12.7 Å². The van der Waals surface area contributed by atoms with Crippen LogP contribution in [0.2, 0.25) is 5.02 Å². The Bertz CT molecular complexity index is 731. The Kier molecular flexibility index (Phi) is 4.23. The number of hydrogen-bond acceptors (Lipinski definition) is 2. The van der Waals surface area contributed by atoms with Gasteiger partial charge in [-0.15, -0.1) is 0 Å². The summed E-state index contributed by atoms with van der Waals surface area (Å²) in [4.78, 5) is 23.1. The molecular weight excluding hydrogens is 297 g/mol. The van der Waals surface area contributed by atoms with Gasteiger partial charge in [-0.05, 0) is 42.8 Å². The number of carboxylic acids is 1. The maximum absolute atomic E-state index is 13.5. The standard InChI is InChI=1S/C15H11ClFNO3/c1-8-7-9(5-6-10(8)16)14(19)18-12-4-2-3-11(17)13(12)15(20)21/h2-7H,1H3,(H,18,19)(H,20,21). The summed E-state index contributed by atoms with van der Waals surface area (Å²) in [6.07, 6.45) is 0. The van der Waals surface area contributed by atoms with Gasteiger partial charge in [0.2, 0.25) is 0 Å². The summed E-state index contributed by atoms with van der Waals surface area (Å²) in [5, 5.41) is 11.9. The van der Waals surface area contributed by atoms with Crippen LogP contribution in [0.1, 0.15) is 26.3 Å². The first kappa shape index (κ1) is 15.0. The van der Waals surface area contributed by atoms with Crippen LogP contribution in [-0.4, -0.2) is 17.0 Å². The van der Waals surface area contributed by atoms with Crippen LogP contribution in [0.25, 0.3) is 0 Å². The Balaban J connectivity index is 2.34. The molecule has 2 rings (SSSR count). The highest BCUT2D eigenvalue weighted by atomic mass is 35.5. The van der Waals surface area contributed by atoms with Crippen molar-refractivity contribution in [2.24, 2.45) is 0 Å². The average molecular weight is 308 g/mol. The van der Waals surface area contributed by atoms with Gasteiger partial charge < -0.3 is 10.4 Å². The third-order valence-electron chi connectivity index (χ3n) is 2.90. The van der Waals surface area contributed by atoms with Crippen molar-refractivity contribution in [1.29, 1.82) is 0 Å². The highest BCUT2D eigenvalue weighted by Crippen LogP contribution is 2.21. The zero-order chi connectivity index (χ0) is 15.6. The Hall–Kier alpha value is -2.40. The molecule has 0 saturated heterocycles. The molecule has 6 heteroatoms. The molecule has 2 N–H and O–H groups in total. The molecule has 21 heavy (non-hydrogen) atoms. The lowest BCUT2D eigenvalue weighted by Crippen LogP contribution is -2.16. The number of halogens is 2. The second-order valence-corrected chi connectivity index (χ2v) is 4.79. The molecule has 0 heterocycles. The third kappa shape index (κ3) is 3.20. The molecule has 2 aromatic carbocycles. The minimum atomic E-state index is -1.45. The Morgan fingerprint density at radius 2 is 1.95 bits per heavy atom. The van der Waals surface area contributed by atoms with E-state index in [2.05, 4.69) is 5.32 Å². The molecule has 0 unspecified atom stereocenters. The molecule has 0 aliphatic heterocycles. The number of aromatic carboxylic acids is 1. The van der Waals surface area contributed by atoms with E-state index in [1.807, 2.05) is 0 Å². The Labute approximate surface area is 125 Å². The molecule has 0 atom stereocenters. The van der Waals surface area contributed by atoms with Gasteiger partial charge in [0.1, 0.15) is 11.4 Å². The van der Waals surface area contributed by atoms with E-state index in [0.29, 0.717) is 16.1 Å². The zero-order valence-corrected chi connectivity index (χ0v) is 11.7. The minimum absolute atomic E-state index is 0.0971. The number of benzene rings is 2. The number of aryl methyl sites for hydroxylation is 1. The largest absolute Gasteiger partial charge is 0.478 e. The number of carbonyl (C=O) groups is 2. The molecule has 0 aromatic heterocycles. The molecular formula is C15H11ClFNO3. The highest BCUT2D eigenvalue weighted by molar-refractivity contribution is 6.31. The first-order chi connectivity index (χ1) is 9.90. The molecule has 0 bridgehead atoms. The summed E-state index contributed by atoms with van der Waals surface area (Å²) in [5.74, 6) is -2.90. The van der Waals surface area contributed by atoms with E-state index in [0.717, 1.165) is 6.07 Å². The maximum atomic E-state index is 13.5. The topological polar surface area (TPSA) is 66.4 Å².